The van der Waals surface area contributed by atoms with Crippen molar-refractivity contribution in [3.63, 3.8) is 0 Å². The highest BCUT2D eigenvalue weighted by molar-refractivity contribution is 7.14. The fraction of sp³-hybridized carbons (Fsp3) is 0.462. The molecule has 96 valence electrons. The summed E-state index contributed by atoms with van der Waals surface area (Å²) in [7, 11) is 0. The SMILES string of the molecule is CCCNC(C)c1nnc(-c2ccnc(C)c2)s1. The molecule has 5 heteroatoms. The van der Waals surface area contributed by atoms with Crippen LogP contribution in [-0.2, 0) is 0 Å². The van der Waals surface area contributed by atoms with Crippen LogP contribution in [0.25, 0.3) is 10.6 Å². The molecule has 18 heavy (non-hydrogen) atoms. The third-order valence-corrected chi connectivity index (χ3v) is 3.81. The number of pyridine rings is 1. The van der Waals surface area contributed by atoms with E-state index in [0.717, 1.165) is 34.2 Å². The third-order valence-electron chi connectivity index (χ3n) is 2.66. The topological polar surface area (TPSA) is 50.7 Å². The Balaban J connectivity index is 2.15. The number of rotatable bonds is 5. The smallest absolute Gasteiger partial charge is 0.147 e. The first kappa shape index (κ1) is 13.1. The standard InChI is InChI=1S/C13H18N4S/c1-4-6-15-10(3)12-16-17-13(18-12)11-5-7-14-9(2)8-11/h5,7-8,10,15H,4,6H2,1-3H3. The van der Waals surface area contributed by atoms with E-state index in [-0.39, 0.29) is 6.04 Å². The minimum atomic E-state index is 0.263. The molecule has 0 bridgehead atoms. The molecule has 0 saturated carbocycles. The van der Waals surface area contributed by atoms with Gasteiger partial charge in [0.15, 0.2) is 0 Å². The Hall–Kier alpha value is -1.33. The summed E-state index contributed by atoms with van der Waals surface area (Å²) >= 11 is 1.64. The van der Waals surface area contributed by atoms with Crippen molar-refractivity contribution in [2.75, 3.05) is 6.54 Å². The van der Waals surface area contributed by atoms with Gasteiger partial charge in [-0.15, -0.1) is 10.2 Å². The maximum absolute atomic E-state index is 4.26. The molecule has 0 saturated heterocycles. The molecule has 0 aromatic carbocycles. The van der Waals surface area contributed by atoms with Crippen molar-refractivity contribution in [3.8, 4) is 10.6 Å². The lowest BCUT2D eigenvalue weighted by Crippen LogP contribution is -2.18. The van der Waals surface area contributed by atoms with Gasteiger partial charge in [0.05, 0.1) is 6.04 Å². The molecular formula is C13H18N4S. The van der Waals surface area contributed by atoms with Crippen molar-refractivity contribution in [3.05, 3.63) is 29.0 Å². The number of hydrogen-bond acceptors (Lipinski definition) is 5. The number of aromatic nitrogens is 3. The molecule has 2 heterocycles. The summed E-state index contributed by atoms with van der Waals surface area (Å²) in [5.41, 5.74) is 2.09. The van der Waals surface area contributed by atoms with E-state index in [2.05, 4.69) is 34.3 Å². The van der Waals surface area contributed by atoms with Crippen LogP contribution in [0.15, 0.2) is 18.3 Å². The van der Waals surface area contributed by atoms with Gasteiger partial charge in [0.1, 0.15) is 10.0 Å². The van der Waals surface area contributed by atoms with Crippen molar-refractivity contribution in [2.24, 2.45) is 0 Å². The molecule has 2 aromatic rings. The Morgan fingerprint density at radius 2 is 2.22 bits per heavy atom. The van der Waals surface area contributed by atoms with E-state index in [4.69, 9.17) is 0 Å². The summed E-state index contributed by atoms with van der Waals surface area (Å²) in [5.74, 6) is 0. The Kier molecular flexibility index (Phi) is 4.38. The molecule has 2 rings (SSSR count). The van der Waals surface area contributed by atoms with Crippen LogP contribution in [0.3, 0.4) is 0 Å². The van der Waals surface area contributed by atoms with Gasteiger partial charge in [-0.2, -0.15) is 0 Å². The van der Waals surface area contributed by atoms with E-state index < -0.39 is 0 Å². The predicted molar refractivity (Wildman–Crippen MR) is 74.6 cm³/mol. The first-order valence-electron chi connectivity index (χ1n) is 6.20. The molecule has 0 amide bonds. The molecule has 2 aromatic heterocycles. The molecule has 4 nitrogen and oxygen atoms in total. The largest absolute Gasteiger partial charge is 0.308 e. The quantitative estimate of drug-likeness (QED) is 0.900. The highest BCUT2D eigenvalue weighted by Crippen LogP contribution is 2.26. The first-order chi connectivity index (χ1) is 8.70. The number of nitrogens with zero attached hydrogens (tertiary/aromatic N) is 3. The minimum absolute atomic E-state index is 0.263. The van der Waals surface area contributed by atoms with Gasteiger partial charge in [0.2, 0.25) is 0 Å². The van der Waals surface area contributed by atoms with Crippen molar-refractivity contribution in [2.45, 2.75) is 33.2 Å². The summed E-state index contributed by atoms with van der Waals surface area (Å²) < 4.78 is 0. The zero-order valence-electron chi connectivity index (χ0n) is 11.0. The van der Waals surface area contributed by atoms with Gasteiger partial charge in [-0.05, 0) is 38.9 Å². The second kappa shape index (κ2) is 6.02. The fourth-order valence-corrected chi connectivity index (χ4v) is 2.52. The van der Waals surface area contributed by atoms with Crippen LogP contribution in [0.2, 0.25) is 0 Å². The molecule has 0 aliphatic heterocycles. The summed E-state index contributed by atoms with van der Waals surface area (Å²) in [4.78, 5) is 4.19. The van der Waals surface area contributed by atoms with Crippen LogP contribution in [-0.4, -0.2) is 21.7 Å². The van der Waals surface area contributed by atoms with E-state index in [1.54, 1.807) is 11.3 Å². The highest BCUT2D eigenvalue weighted by Gasteiger charge is 2.12. The van der Waals surface area contributed by atoms with Gasteiger partial charge in [-0.3, -0.25) is 4.98 Å². The molecule has 0 fully saturated rings. The molecular weight excluding hydrogens is 244 g/mol. The molecule has 0 aliphatic carbocycles. The zero-order valence-corrected chi connectivity index (χ0v) is 11.8. The maximum atomic E-state index is 4.26. The Morgan fingerprint density at radius 3 is 2.94 bits per heavy atom. The lowest BCUT2D eigenvalue weighted by molar-refractivity contribution is 0.564. The zero-order chi connectivity index (χ0) is 13.0. The molecule has 0 aliphatic rings. The van der Waals surface area contributed by atoms with Crippen molar-refractivity contribution in [1.82, 2.24) is 20.5 Å². The fourth-order valence-electron chi connectivity index (χ4n) is 1.65. The summed E-state index contributed by atoms with van der Waals surface area (Å²) in [6.45, 7) is 7.27. The van der Waals surface area contributed by atoms with E-state index in [0.29, 0.717) is 0 Å². The highest BCUT2D eigenvalue weighted by atomic mass is 32.1. The van der Waals surface area contributed by atoms with Gasteiger partial charge in [0.25, 0.3) is 0 Å². The average Bonchev–Trinajstić information content (AvgIpc) is 2.85. The van der Waals surface area contributed by atoms with Crippen LogP contribution in [0.4, 0.5) is 0 Å². The van der Waals surface area contributed by atoms with Crippen LogP contribution in [0.5, 0.6) is 0 Å². The molecule has 1 atom stereocenters. The molecule has 0 spiro atoms. The lowest BCUT2D eigenvalue weighted by atomic mass is 10.2. The van der Waals surface area contributed by atoms with Crippen LogP contribution in [0.1, 0.15) is 37.0 Å². The number of aryl methyl sites for hydroxylation is 1. The molecule has 1 N–H and O–H groups in total. The van der Waals surface area contributed by atoms with Crippen molar-refractivity contribution >= 4 is 11.3 Å². The normalized spacial score (nSPS) is 12.6. The minimum Gasteiger partial charge on any atom is -0.308 e. The van der Waals surface area contributed by atoms with E-state index >= 15 is 0 Å². The Labute approximate surface area is 111 Å². The predicted octanol–water partition coefficient (Wildman–Crippen LogP) is 2.97. The molecule has 1 unspecified atom stereocenters. The maximum Gasteiger partial charge on any atom is 0.147 e. The number of nitrogens with one attached hydrogen (secondary N) is 1. The van der Waals surface area contributed by atoms with Gasteiger partial charge in [-0.25, -0.2) is 0 Å². The van der Waals surface area contributed by atoms with Gasteiger partial charge in [0, 0.05) is 17.5 Å². The monoisotopic (exact) mass is 262 g/mol. The third kappa shape index (κ3) is 3.11. The van der Waals surface area contributed by atoms with E-state index in [9.17, 15) is 0 Å². The number of hydrogen-bond donors (Lipinski definition) is 1. The second-order valence-corrected chi connectivity index (χ2v) is 5.32. The summed E-state index contributed by atoms with van der Waals surface area (Å²) in [5, 5.41) is 13.9. The Morgan fingerprint density at radius 1 is 1.39 bits per heavy atom. The van der Waals surface area contributed by atoms with Crippen LogP contribution in [0, 0.1) is 6.92 Å². The summed E-state index contributed by atoms with van der Waals surface area (Å²) in [6, 6.07) is 4.27. The van der Waals surface area contributed by atoms with E-state index in [1.807, 2.05) is 25.3 Å². The van der Waals surface area contributed by atoms with Gasteiger partial charge in [-0.1, -0.05) is 18.3 Å². The lowest BCUT2D eigenvalue weighted by Gasteiger charge is -2.08. The molecule has 0 radical (unpaired) electrons. The van der Waals surface area contributed by atoms with Crippen molar-refractivity contribution in [1.29, 1.82) is 0 Å². The van der Waals surface area contributed by atoms with Gasteiger partial charge >= 0.3 is 0 Å². The second-order valence-electron chi connectivity index (χ2n) is 4.31. The van der Waals surface area contributed by atoms with Gasteiger partial charge < -0.3 is 5.32 Å². The average molecular weight is 262 g/mol. The van der Waals surface area contributed by atoms with E-state index in [1.165, 1.54) is 0 Å². The van der Waals surface area contributed by atoms with Crippen LogP contribution >= 0.6 is 11.3 Å². The van der Waals surface area contributed by atoms with Crippen LogP contribution < -0.4 is 5.32 Å². The first-order valence-corrected chi connectivity index (χ1v) is 7.02. The summed E-state index contributed by atoms with van der Waals surface area (Å²) in [6.07, 6.45) is 2.93. The Bertz CT molecular complexity index is 509. The van der Waals surface area contributed by atoms with Crippen molar-refractivity contribution < 1.29 is 0 Å².